The minimum atomic E-state index is 0.282. The molecule has 2 rings (SSSR count). The van der Waals surface area contributed by atoms with Crippen LogP contribution in [0.4, 0.5) is 0 Å². The fourth-order valence-corrected chi connectivity index (χ4v) is 2.73. The van der Waals surface area contributed by atoms with Gasteiger partial charge in [0.1, 0.15) is 0 Å². The van der Waals surface area contributed by atoms with Gasteiger partial charge in [-0.15, -0.1) is 0 Å². The molecule has 0 heterocycles. The molecule has 0 aliphatic heterocycles. The highest BCUT2D eigenvalue weighted by molar-refractivity contribution is 5.78. The van der Waals surface area contributed by atoms with Crippen LogP contribution >= 0.6 is 0 Å². The summed E-state index contributed by atoms with van der Waals surface area (Å²) in [4.78, 5) is 11.9. The molecule has 3 nitrogen and oxygen atoms in total. The van der Waals surface area contributed by atoms with E-state index in [1.165, 1.54) is 19.3 Å². The Kier molecular flexibility index (Phi) is 4.22. The minimum Gasteiger partial charge on any atom is -0.356 e. The Balaban J connectivity index is 1.65. The molecule has 2 fully saturated rings. The molecule has 2 saturated carbocycles. The average molecular weight is 224 g/mol. The second kappa shape index (κ2) is 5.67. The summed E-state index contributed by atoms with van der Waals surface area (Å²) in [5.41, 5.74) is 0. The third-order valence-corrected chi connectivity index (χ3v) is 4.30. The van der Waals surface area contributed by atoms with E-state index in [1.807, 2.05) is 7.05 Å². The van der Waals surface area contributed by atoms with Crippen LogP contribution < -0.4 is 10.6 Å². The van der Waals surface area contributed by atoms with Crippen molar-refractivity contribution >= 4 is 5.91 Å². The highest BCUT2D eigenvalue weighted by Gasteiger charge is 2.26. The summed E-state index contributed by atoms with van der Waals surface area (Å²) in [7, 11) is 2.02. The Labute approximate surface area is 98.4 Å². The second-order valence-electron chi connectivity index (χ2n) is 5.38. The van der Waals surface area contributed by atoms with Crippen LogP contribution in [-0.2, 0) is 4.79 Å². The van der Waals surface area contributed by atoms with E-state index in [2.05, 4.69) is 10.6 Å². The highest BCUT2D eigenvalue weighted by Crippen LogP contribution is 2.27. The van der Waals surface area contributed by atoms with Crippen molar-refractivity contribution in [3.05, 3.63) is 0 Å². The first-order chi connectivity index (χ1) is 7.79. The number of rotatable bonds is 4. The van der Waals surface area contributed by atoms with E-state index >= 15 is 0 Å². The SMILES string of the molecule is CNC1CCC(C(=O)NCC2CCC2)CC1. The monoisotopic (exact) mass is 224 g/mol. The molecule has 2 aliphatic rings. The standard InChI is InChI=1S/C13H24N2O/c1-14-12-7-5-11(6-8-12)13(16)15-9-10-3-2-4-10/h10-12,14H,2-9H2,1H3,(H,15,16). The van der Waals surface area contributed by atoms with Crippen molar-refractivity contribution in [2.45, 2.75) is 51.0 Å². The number of nitrogens with one attached hydrogen (secondary N) is 2. The Morgan fingerprint density at radius 1 is 1.12 bits per heavy atom. The van der Waals surface area contributed by atoms with Gasteiger partial charge in [0.2, 0.25) is 5.91 Å². The maximum atomic E-state index is 11.9. The van der Waals surface area contributed by atoms with Crippen molar-refractivity contribution in [1.82, 2.24) is 10.6 Å². The van der Waals surface area contributed by atoms with Gasteiger partial charge in [0, 0.05) is 18.5 Å². The zero-order chi connectivity index (χ0) is 11.4. The summed E-state index contributed by atoms with van der Waals surface area (Å²) in [5.74, 6) is 1.36. The zero-order valence-electron chi connectivity index (χ0n) is 10.3. The Bertz CT molecular complexity index is 230. The van der Waals surface area contributed by atoms with Gasteiger partial charge in [-0.05, 0) is 51.5 Å². The number of amides is 1. The lowest BCUT2D eigenvalue weighted by molar-refractivity contribution is -0.126. The van der Waals surface area contributed by atoms with E-state index in [-0.39, 0.29) is 5.92 Å². The minimum absolute atomic E-state index is 0.282. The predicted octanol–water partition coefficient (Wildman–Crippen LogP) is 1.68. The Morgan fingerprint density at radius 2 is 1.81 bits per heavy atom. The molecule has 0 atom stereocenters. The van der Waals surface area contributed by atoms with Gasteiger partial charge in [-0.25, -0.2) is 0 Å². The van der Waals surface area contributed by atoms with E-state index in [1.54, 1.807) is 0 Å². The van der Waals surface area contributed by atoms with Gasteiger partial charge in [0.25, 0.3) is 0 Å². The molecule has 2 aliphatic carbocycles. The van der Waals surface area contributed by atoms with Gasteiger partial charge in [-0.1, -0.05) is 6.42 Å². The molecule has 0 aromatic heterocycles. The number of carbonyl (C=O) groups excluding carboxylic acids is 1. The fraction of sp³-hybridized carbons (Fsp3) is 0.923. The summed E-state index contributed by atoms with van der Waals surface area (Å²) in [6, 6.07) is 0.635. The first kappa shape index (κ1) is 11.9. The van der Waals surface area contributed by atoms with Crippen molar-refractivity contribution in [2.75, 3.05) is 13.6 Å². The maximum absolute atomic E-state index is 11.9. The summed E-state index contributed by atoms with van der Waals surface area (Å²) in [6.45, 7) is 0.921. The number of hydrogen-bond acceptors (Lipinski definition) is 2. The third kappa shape index (κ3) is 2.97. The van der Waals surface area contributed by atoms with E-state index in [9.17, 15) is 4.79 Å². The van der Waals surface area contributed by atoms with Crippen LogP contribution in [0.5, 0.6) is 0 Å². The van der Waals surface area contributed by atoms with Crippen LogP contribution in [0.1, 0.15) is 44.9 Å². The van der Waals surface area contributed by atoms with Crippen molar-refractivity contribution in [1.29, 1.82) is 0 Å². The molecular formula is C13H24N2O. The second-order valence-corrected chi connectivity index (χ2v) is 5.38. The van der Waals surface area contributed by atoms with Gasteiger partial charge in [0.05, 0.1) is 0 Å². The van der Waals surface area contributed by atoms with Crippen molar-refractivity contribution in [3.8, 4) is 0 Å². The van der Waals surface area contributed by atoms with Gasteiger partial charge in [-0.3, -0.25) is 4.79 Å². The fourth-order valence-electron chi connectivity index (χ4n) is 2.73. The smallest absolute Gasteiger partial charge is 0.223 e. The van der Waals surface area contributed by atoms with Gasteiger partial charge < -0.3 is 10.6 Å². The quantitative estimate of drug-likeness (QED) is 0.763. The molecular weight excluding hydrogens is 200 g/mol. The summed E-state index contributed by atoms with van der Waals surface area (Å²) >= 11 is 0. The maximum Gasteiger partial charge on any atom is 0.223 e. The van der Waals surface area contributed by atoms with Crippen LogP contribution in [0.25, 0.3) is 0 Å². The van der Waals surface area contributed by atoms with E-state index in [0.29, 0.717) is 11.9 Å². The van der Waals surface area contributed by atoms with Crippen LogP contribution in [0, 0.1) is 11.8 Å². The van der Waals surface area contributed by atoms with Crippen molar-refractivity contribution in [2.24, 2.45) is 11.8 Å². The van der Waals surface area contributed by atoms with Crippen LogP contribution in [0.2, 0.25) is 0 Å². The topological polar surface area (TPSA) is 41.1 Å². The normalized spacial score (nSPS) is 30.8. The molecule has 0 aromatic carbocycles. The summed E-state index contributed by atoms with van der Waals surface area (Å²) in [6.07, 6.45) is 8.40. The molecule has 0 bridgehead atoms. The molecule has 0 saturated heterocycles. The Hall–Kier alpha value is -0.570. The molecule has 16 heavy (non-hydrogen) atoms. The largest absolute Gasteiger partial charge is 0.356 e. The predicted molar refractivity (Wildman–Crippen MR) is 65.2 cm³/mol. The van der Waals surface area contributed by atoms with Crippen LogP contribution in [0.3, 0.4) is 0 Å². The molecule has 92 valence electrons. The lowest BCUT2D eigenvalue weighted by Gasteiger charge is -2.29. The first-order valence-electron chi connectivity index (χ1n) is 6.74. The zero-order valence-corrected chi connectivity index (χ0v) is 10.3. The third-order valence-electron chi connectivity index (χ3n) is 4.30. The molecule has 0 aromatic rings. The van der Waals surface area contributed by atoms with Gasteiger partial charge in [-0.2, -0.15) is 0 Å². The molecule has 2 N–H and O–H groups in total. The van der Waals surface area contributed by atoms with Crippen molar-refractivity contribution < 1.29 is 4.79 Å². The molecule has 0 unspecified atom stereocenters. The molecule has 0 spiro atoms. The lowest BCUT2D eigenvalue weighted by atomic mass is 9.84. The number of carbonyl (C=O) groups is 1. The van der Waals surface area contributed by atoms with E-state index in [0.717, 1.165) is 38.1 Å². The summed E-state index contributed by atoms with van der Waals surface area (Å²) < 4.78 is 0. The van der Waals surface area contributed by atoms with Crippen molar-refractivity contribution in [3.63, 3.8) is 0 Å². The van der Waals surface area contributed by atoms with Gasteiger partial charge in [0.15, 0.2) is 0 Å². The average Bonchev–Trinajstić information content (AvgIpc) is 2.27. The van der Waals surface area contributed by atoms with Crippen LogP contribution in [0.15, 0.2) is 0 Å². The van der Waals surface area contributed by atoms with Gasteiger partial charge >= 0.3 is 0 Å². The molecule has 0 radical (unpaired) electrons. The van der Waals surface area contributed by atoms with E-state index < -0.39 is 0 Å². The highest BCUT2D eigenvalue weighted by atomic mass is 16.1. The number of hydrogen-bond donors (Lipinski definition) is 2. The molecule has 3 heteroatoms. The first-order valence-corrected chi connectivity index (χ1v) is 6.74. The van der Waals surface area contributed by atoms with E-state index in [4.69, 9.17) is 0 Å². The lowest BCUT2D eigenvalue weighted by Crippen LogP contribution is -2.39. The van der Waals surface area contributed by atoms with Crippen LogP contribution in [-0.4, -0.2) is 25.5 Å². The summed E-state index contributed by atoms with van der Waals surface area (Å²) in [5, 5.41) is 6.43. The molecule has 1 amide bonds. The Morgan fingerprint density at radius 3 is 2.31 bits per heavy atom.